The predicted molar refractivity (Wildman–Crippen MR) is 82.0 cm³/mol. The van der Waals surface area contributed by atoms with Crippen LogP contribution in [0.25, 0.3) is 0 Å². The Balaban J connectivity index is 2.23. The lowest BCUT2D eigenvalue weighted by Gasteiger charge is -2.21. The highest BCUT2D eigenvalue weighted by Gasteiger charge is 2.10. The van der Waals surface area contributed by atoms with Crippen LogP contribution >= 0.6 is 15.9 Å². The number of para-hydroxylation sites is 1. The van der Waals surface area contributed by atoms with E-state index in [1.807, 2.05) is 37.5 Å². The molecule has 0 saturated carbocycles. The van der Waals surface area contributed by atoms with E-state index in [1.165, 1.54) is 5.56 Å². The zero-order valence-electron chi connectivity index (χ0n) is 11.1. The van der Waals surface area contributed by atoms with Gasteiger partial charge in [0.1, 0.15) is 11.6 Å². The zero-order chi connectivity index (χ0) is 13.7. The number of aromatic nitrogens is 1. The molecule has 1 aromatic carbocycles. The Hall–Kier alpha value is -1.55. The van der Waals surface area contributed by atoms with Crippen LogP contribution in [-0.4, -0.2) is 19.1 Å². The first kappa shape index (κ1) is 13.9. The molecule has 0 aliphatic rings. The molecular weight excluding hydrogens is 304 g/mol. The maximum absolute atomic E-state index is 5.38. The van der Waals surface area contributed by atoms with Gasteiger partial charge in [-0.2, -0.15) is 0 Å². The lowest BCUT2D eigenvalue weighted by molar-refractivity contribution is 0.409. The van der Waals surface area contributed by atoms with Crippen molar-refractivity contribution in [2.75, 3.05) is 19.1 Å². The van der Waals surface area contributed by atoms with Crippen molar-refractivity contribution in [3.8, 4) is 5.75 Å². The minimum Gasteiger partial charge on any atom is -0.496 e. The van der Waals surface area contributed by atoms with E-state index >= 15 is 0 Å². The van der Waals surface area contributed by atoms with Crippen LogP contribution in [0.1, 0.15) is 11.1 Å². The van der Waals surface area contributed by atoms with Crippen LogP contribution in [0.3, 0.4) is 0 Å². The normalized spacial score (nSPS) is 10.3. The van der Waals surface area contributed by atoms with Gasteiger partial charge in [0.15, 0.2) is 0 Å². The number of benzene rings is 1. The van der Waals surface area contributed by atoms with Gasteiger partial charge in [-0.15, -0.1) is 0 Å². The number of hydrogen-bond donors (Lipinski definition) is 0. The molecule has 0 fully saturated rings. The van der Waals surface area contributed by atoms with E-state index in [9.17, 15) is 0 Å². The maximum atomic E-state index is 5.38. The van der Waals surface area contributed by atoms with Gasteiger partial charge >= 0.3 is 0 Å². The fourth-order valence-electron chi connectivity index (χ4n) is 2.04. The minimum absolute atomic E-state index is 0.765. The number of halogens is 1. The monoisotopic (exact) mass is 320 g/mol. The minimum atomic E-state index is 0.765. The van der Waals surface area contributed by atoms with Crippen molar-refractivity contribution in [1.29, 1.82) is 0 Å². The van der Waals surface area contributed by atoms with Crippen molar-refractivity contribution in [3.05, 3.63) is 53.7 Å². The average Bonchev–Trinajstić information content (AvgIpc) is 2.47. The van der Waals surface area contributed by atoms with Gasteiger partial charge < -0.3 is 9.64 Å². The van der Waals surface area contributed by atoms with Crippen LogP contribution in [0.4, 0.5) is 5.82 Å². The van der Waals surface area contributed by atoms with Crippen LogP contribution in [-0.2, 0) is 11.9 Å². The summed E-state index contributed by atoms with van der Waals surface area (Å²) in [5.41, 5.74) is 2.33. The molecule has 2 rings (SSSR count). The summed E-state index contributed by atoms with van der Waals surface area (Å²) in [5.74, 6) is 1.90. The number of nitrogens with zero attached hydrogens (tertiary/aromatic N) is 2. The van der Waals surface area contributed by atoms with Crippen molar-refractivity contribution < 1.29 is 4.74 Å². The Morgan fingerprint density at radius 2 is 1.89 bits per heavy atom. The van der Waals surface area contributed by atoms with Crippen molar-refractivity contribution in [3.63, 3.8) is 0 Å². The number of ether oxygens (including phenoxy) is 1. The summed E-state index contributed by atoms with van der Waals surface area (Å²) in [6.07, 6.45) is 1.82. The van der Waals surface area contributed by atoms with Gasteiger partial charge in [0.05, 0.1) is 7.11 Å². The smallest absolute Gasteiger partial charge is 0.132 e. The van der Waals surface area contributed by atoms with Crippen molar-refractivity contribution in [1.82, 2.24) is 4.98 Å². The van der Waals surface area contributed by atoms with Gasteiger partial charge in [-0.05, 0) is 12.1 Å². The second kappa shape index (κ2) is 6.57. The predicted octanol–water partition coefficient (Wildman–Crippen LogP) is 3.62. The van der Waals surface area contributed by atoms with Gasteiger partial charge in [0.25, 0.3) is 0 Å². The summed E-state index contributed by atoms with van der Waals surface area (Å²) >= 11 is 3.50. The molecule has 0 bridgehead atoms. The Morgan fingerprint density at radius 3 is 2.63 bits per heavy atom. The van der Waals surface area contributed by atoms with Crippen LogP contribution in [0.5, 0.6) is 5.75 Å². The van der Waals surface area contributed by atoms with Gasteiger partial charge in [0.2, 0.25) is 0 Å². The second-order valence-corrected chi connectivity index (χ2v) is 4.85. The van der Waals surface area contributed by atoms with Gasteiger partial charge in [-0.1, -0.05) is 40.2 Å². The van der Waals surface area contributed by atoms with Crippen LogP contribution in [0.15, 0.2) is 42.6 Å². The van der Waals surface area contributed by atoms with Crippen LogP contribution in [0.2, 0.25) is 0 Å². The lowest BCUT2D eigenvalue weighted by Crippen LogP contribution is -2.19. The lowest BCUT2D eigenvalue weighted by atomic mass is 10.2. The number of anilines is 1. The van der Waals surface area contributed by atoms with E-state index in [0.29, 0.717) is 0 Å². The highest BCUT2D eigenvalue weighted by atomic mass is 79.9. The van der Waals surface area contributed by atoms with E-state index in [4.69, 9.17) is 4.74 Å². The first-order valence-electron chi connectivity index (χ1n) is 6.09. The third-order valence-corrected chi connectivity index (χ3v) is 3.58. The summed E-state index contributed by atoms with van der Waals surface area (Å²) in [4.78, 5) is 6.59. The molecule has 1 heterocycles. The molecule has 19 heavy (non-hydrogen) atoms. The molecule has 2 aromatic rings. The second-order valence-electron chi connectivity index (χ2n) is 4.29. The molecule has 0 saturated heterocycles. The molecule has 0 spiro atoms. The Bertz CT molecular complexity index is 545. The first-order chi connectivity index (χ1) is 9.26. The molecule has 100 valence electrons. The van der Waals surface area contributed by atoms with E-state index in [1.54, 1.807) is 7.11 Å². The summed E-state index contributed by atoms with van der Waals surface area (Å²) in [5, 5.41) is 0.798. The molecule has 4 heteroatoms. The first-order valence-corrected chi connectivity index (χ1v) is 7.21. The molecule has 1 aromatic heterocycles. The summed E-state index contributed by atoms with van der Waals surface area (Å²) in [7, 11) is 3.74. The molecule has 0 aliphatic heterocycles. The SMILES string of the molecule is COc1ccccc1CN(C)c1ncccc1CBr. The third-order valence-electron chi connectivity index (χ3n) is 2.97. The van der Waals surface area contributed by atoms with Gasteiger partial charge in [-0.3, -0.25) is 0 Å². The molecular formula is C15H17BrN2O. The van der Waals surface area contributed by atoms with Gasteiger partial charge in [0, 0.05) is 36.2 Å². The van der Waals surface area contributed by atoms with E-state index in [-0.39, 0.29) is 0 Å². The quantitative estimate of drug-likeness (QED) is 0.787. The fraction of sp³-hybridized carbons (Fsp3) is 0.267. The molecule has 0 atom stereocenters. The Morgan fingerprint density at radius 1 is 1.16 bits per heavy atom. The van der Waals surface area contributed by atoms with E-state index in [2.05, 4.69) is 37.9 Å². The molecule has 0 radical (unpaired) electrons. The van der Waals surface area contributed by atoms with Gasteiger partial charge in [-0.25, -0.2) is 4.98 Å². The average molecular weight is 321 g/mol. The number of pyridine rings is 1. The summed E-state index contributed by atoms with van der Waals surface area (Å²) in [6, 6.07) is 12.1. The maximum Gasteiger partial charge on any atom is 0.132 e. The topological polar surface area (TPSA) is 25.4 Å². The number of methoxy groups -OCH3 is 1. The summed E-state index contributed by atoms with van der Waals surface area (Å²) < 4.78 is 5.38. The third kappa shape index (κ3) is 3.26. The van der Waals surface area contributed by atoms with E-state index < -0.39 is 0 Å². The van der Waals surface area contributed by atoms with Crippen molar-refractivity contribution in [2.45, 2.75) is 11.9 Å². The standard InChI is InChI=1S/C15H17BrN2O/c1-18(15-12(10-16)7-5-9-17-15)11-13-6-3-4-8-14(13)19-2/h3-9H,10-11H2,1-2H3. The van der Waals surface area contributed by atoms with Crippen LogP contribution in [0, 0.1) is 0 Å². The Kier molecular flexibility index (Phi) is 4.80. The van der Waals surface area contributed by atoms with Crippen LogP contribution < -0.4 is 9.64 Å². The van der Waals surface area contributed by atoms with Crippen molar-refractivity contribution >= 4 is 21.7 Å². The zero-order valence-corrected chi connectivity index (χ0v) is 12.7. The number of hydrogen-bond acceptors (Lipinski definition) is 3. The largest absolute Gasteiger partial charge is 0.496 e. The number of rotatable bonds is 5. The highest BCUT2D eigenvalue weighted by Crippen LogP contribution is 2.24. The summed E-state index contributed by atoms with van der Waals surface area (Å²) in [6.45, 7) is 0.765. The van der Waals surface area contributed by atoms with Crippen molar-refractivity contribution in [2.24, 2.45) is 0 Å². The molecule has 0 amide bonds. The fourth-order valence-corrected chi connectivity index (χ4v) is 2.48. The number of alkyl halides is 1. The Labute approximate surface area is 122 Å². The molecule has 0 unspecified atom stereocenters. The molecule has 0 N–H and O–H groups in total. The highest BCUT2D eigenvalue weighted by molar-refractivity contribution is 9.08. The molecule has 0 aliphatic carbocycles. The van der Waals surface area contributed by atoms with E-state index in [0.717, 1.165) is 29.0 Å². The molecule has 3 nitrogen and oxygen atoms in total.